The lowest BCUT2D eigenvalue weighted by Crippen LogP contribution is -2.38. The molecule has 0 saturated carbocycles. The van der Waals surface area contributed by atoms with E-state index in [4.69, 9.17) is 21.3 Å². The van der Waals surface area contributed by atoms with Gasteiger partial charge in [-0.15, -0.1) is 11.3 Å². The third kappa shape index (κ3) is 4.09. The van der Waals surface area contributed by atoms with Crippen molar-refractivity contribution < 1.29 is 9.53 Å². The molecule has 1 aromatic carbocycles. The molecule has 0 spiro atoms. The molecule has 1 amide bonds. The summed E-state index contributed by atoms with van der Waals surface area (Å²) >= 11 is 7.58. The number of nitrogens with one attached hydrogen (secondary N) is 1. The quantitative estimate of drug-likeness (QED) is 0.610. The Labute approximate surface area is 183 Å². The molecule has 0 unspecified atom stereocenters. The highest BCUT2D eigenvalue weighted by molar-refractivity contribution is 7.18. The summed E-state index contributed by atoms with van der Waals surface area (Å²) in [6.45, 7) is 3.68. The van der Waals surface area contributed by atoms with Gasteiger partial charge in [-0.25, -0.2) is 9.66 Å². The van der Waals surface area contributed by atoms with Gasteiger partial charge in [-0.05, 0) is 68.4 Å². The summed E-state index contributed by atoms with van der Waals surface area (Å²) < 4.78 is 6.94. The molecule has 1 aliphatic carbocycles. The summed E-state index contributed by atoms with van der Waals surface area (Å²) in [5.74, 6) is 0.745. The van der Waals surface area contributed by atoms with E-state index in [1.807, 2.05) is 13.8 Å². The number of aromatic nitrogens is 2. The molecule has 30 heavy (non-hydrogen) atoms. The minimum absolute atomic E-state index is 0.195. The van der Waals surface area contributed by atoms with E-state index in [9.17, 15) is 9.59 Å². The van der Waals surface area contributed by atoms with Gasteiger partial charge in [-0.3, -0.25) is 15.0 Å². The van der Waals surface area contributed by atoms with Crippen molar-refractivity contribution in [2.45, 2.75) is 52.4 Å². The number of fused-ring (bicyclic) bond motifs is 3. The van der Waals surface area contributed by atoms with Crippen LogP contribution in [0.4, 0.5) is 0 Å². The first kappa shape index (κ1) is 20.9. The number of amides is 1. The normalized spacial score (nSPS) is 13.3. The van der Waals surface area contributed by atoms with Crippen molar-refractivity contribution in [3.8, 4) is 5.75 Å². The molecule has 1 N–H and O–H groups in total. The molecule has 158 valence electrons. The van der Waals surface area contributed by atoms with E-state index in [0.717, 1.165) is 48.1 Å². The first-order valence-electron chi connectivity index (χ1n) is 10.2. The molecule has 0 bridgehead atoms. The lowest BCUT2D eigenvalue weighted by Gasteiger charge is -2.15. The second-order valence-corrected chi connectivity index (χ2v) is 9.06. The molecular formula is C22H24ClN3O3S. The molecule has 8 heteroatoms. The van der Waals surface area contributed by atoms with Gasteiger partial charge in [0.25, 0.3) is 11.5 Å². The number of ether oxygens (including phenoxy) is 1. The van der Waals surface area contributed by atoms with Crippen molar-refractivity contribution in [1.29, 1.82) is 0 Å². The Morgan fingerprint density at radius 2 is 2.13 bits per heavy atom. The zero-order valence-electron chi connectivity index (χ0n) is 17.1. The van der Waals surface area contributed by atoms with Gasteiger partial charge in [0.2, 0.25) is 0 Å². The average Bonchev–Trinajstić information content (AvgIpc) is 3.09. The Hall–Kier alpha value is -2.38. The fraction of sp³-hybridized carbons (Fsp3) is 0.409. The lowest BCUT2D eigenvalue weighted by molar-refractivity contribution is -0.119. The third-order valence-corrected chi connectivity index (χ3v) is 6.69. The topological polar surface area (TPSA) is 73.2 Å². The van der Waals surface area contributed by atoms with E-state index in [2.05, 4.69) is 5.43 Å². The molecule has 1 aliphatic rings. The lowest BCUT2D eigenvalue weighted by atomic mass is 9.97. The summed E-state index contributed by atoms with van der Waals surface area (Å²) in [5.41, 5.74) is 4.46. The number of benzene rings is 1. The summed E-state index contributed by atoms with van der Waals surface area (Å²) in [5, 5.41) is 1.27. The van der Waals surface area contributed by atoms with Crippen molar-refractivity contribution in [2.24, 2.45) is 0 Å². The fourth-order valence-corrected chi connectivity index (χ4v) is 5.33. The summed E-state index contributed by atoms with van der Waals surface area (Å²) in [4.78, 5) is 32.7. The van der Waals surface area contributed by atoms with Crippen LogP contribution in [0.3, 0.4) is 0 Å². The number of nitrogens with zero attached hydrogens (tertiary/aromatic N) is 2. The molecule has 6 nitrogen and oxygen atoms in total. The van der Waals surface area contributed by atoms with Gasteiger partial charge in [0.15, 0.2) is 6.61 Å². The molecule has 2 heterocycles. The van der Waals surface area contributed by atoms with E-state index >= 15 is 0 Å². The number of aryl methyl sites for hydroxylation is 4. The molecule has 0 aliphatic heterocycles. The summed E-state index contributed by atoms with van der Waals surface area (Å²) in [7, 11) is 0. The number of rotatable bonds is 6. The molecule has 0 saturated heterocycles. The van der Waals surface area contributed by atoms with Gasteiger partial charge >= 0.3 is 0 Å². The minimum atomic E-state index is -0.408. The maximum absolute atomic E-state index is 13.3. The zero-order valence-corrected chi connectivity index (χ0v) is 18.7. The van der Waals surface area contributed by atoms with Crippen LogP contribution < -0.4 is 15.7 Å². The van der Waals surface area contributed by atoms with E-state index in [1.165, 1.54) is 9.55 Å². The van der Waals surface area contributed by atoms with Crippen LogP contribution in [0.5, 0.6) is 5.75 Å². The number of carbonyl (C=O) groups is 1. The van der Waals surface area contributed by atoms with Crippen molar-refractivity contribution in [3.63, 3.8) is 0 Å². The van der Waals surface area contributed by atoms with Crippen LogP contribution in [0.15, 0.2) is 23.0 Å². The predicted octanol–water partition coefficient (Wildman–Crippen LogP) is 4.40. The van der Waals surface area contributed by atoms with Crippen LogP contribution >= 0.6 is 22.9 Å². The monoisotopic (exact) mass is 445 g/mol. The molecule has 0 atom stereocenters. The number of hydrogen-bond acceptors (Lipinski definition) is 5. The predicted molar refractivity (Wildman–Crippen MR) is 121 cm³/mol. The highest BCUT2D eigenvalue weighted by atomic mass is 35.5. The Bertz CT molecular complexity index is 1170. The van der Waals surface area contributed by atoms with Crippen molar-refractivity contribution in [2.75, 3.05) is 12.0 Å². The van der Waals surface area contributed by atoms with Crippen molar-refractivity contribution >= 4 is 39.1 Å². The van der Waals surface area contributed by atoms with Crippen LogP contribution in [0.2, 0.25) is 5.02 Å². The first-order valence-corrected chi connectivity index (χ1v) is 11.4. The third-order valence-electron chi connectivity index (χ3n) is 5.26. The number of carbonyl (C=O) groups excluding carboxylic acids is 1. The molecule has 4 rings (SSSR count). The molecule has 0 fully saturated rings. The Morgan fingerprint density at radius 1 is 1.33 bits per heavy atom. The summed E-state index contributed by atoms with van der Waals surface area (Å²) in [6.07, 6.45) is 5.54. The standard InChI is InChI=1S/C22H24ClN3O3S/c1-3-6-18-24-21-20(15-7-4-5-8-17(15)30-21)22(28)26(18)25-19(27)12-29-16-10-9-14(23)11-13(16)2/h9-11H,3-8,12H2,1-2H3,(H,25,27). The number of hydrogen-bond donors (Lipinski definition) is 1. The van der Waals surface area contributed by atoms with Gasteiger partial charge in [-0.1, -0.05) is 18.5 Å². The van der Waals surface area contributed by atoms with Gasteiger partial charge in [-0.2, -0.15) is 0 Å². The smallest absolute Gasteiger partial charge is 0.281 e. The molecule has 2 aromatic heterocycles. The van der Waals surface area contributed by atoms with Crippen LogP contribution in [0.1, 0.15) is 48.0 Å². The highest BCUT2D eigenvalue weighted by Crippen LogP contribution is 2.33. The average molecular weight is 446 g/mol. The SMILES string of the molecule is CCCc1nc2sc3c(c2c(=O)n1NC(=O)COc1ccc(Cl)cc1C)CCCC3. The van der Waals surface area contributed by atoms with Crippen LogP contribution in [0.25, 0.3) is 10.2 Å². The van der Waals surface area contributed by atoms with E-state index in [0.29, 0.717) is 28.4 Å². The fourth-order valence-electron chi connectivity index (χ4n) is 3.83. The number of thiophene rings is 1. The van der Waals surface area contributed by atoms with Crippen LogP contribution in [-0.2, 0) is 24.1 Å². The van der Waals surface area contributed by atoms with Crippen LogP contribution in [0, 0.1) is 6.92 Å². The minimum Gasteiger partial charge on any atom is -0.483 e. The Balaban J connectivity index is 1.62. The van der Waals surface area contributed by atoms with Gasteiger partial charge in [0.05, 0.1) is 5.39 Å². The van der Waals surface area contributed by atoms with Gasteiger partial charge in [0.1, 0.15) is 16.4 Å². The molecular weight excluding hydrogens is 422 g/mol. The van der Waals surface area contributed by atoms with Crippen LogP contribution in [-0.4, -0.2) is 22.2 Å². The second kappa shape index (κ2) is 8.78. The maximum Gasteiger partial charge on any atom is 0.281 e. The zero-order chi connectivity index (χ0) is 21.3. The van der Waals surface area contributed by atoms with E-state index in [1.54, 1.807) is 29.5 Å². The Morgan fingerprint density at radius 3 is 2.90 bits per heavy atom. The number of halogens is 1. The van der Waals surface area contributed by atoms with Gasteiger partial charge in [0, 0.05) is 16.3 Å². The summed E-state index contributed by atoms with van der Waals surface area (Å²) in [6, 6.07) is 5.21. The molecule has 3 aromatic rings. The van der Waals surface area contributed by atoms with Crippen molar-refractivity contribution in [1.82, 2.24) is 9.66 Å². The molecule has 0 radical (unpaired) electrons. The second-order valence-electron chi connectivity index (χ2n) is 7.54. The van der Waals surface area contributed by atoms with E-state index in [-0.39, 0.29) is 12.2 Å². The van der Waals surface area contributed by atoms with E-state index < -0.39 is 5.91 Å². The highest BCUT2D eigenvalue weighted by Gasteiger charge is 2.22. The Kier molecular flexibility index (Phi) is 6.11. The largest absolute Gasteiger partial charge is 0.483 e. The van der Waals surface area contributed by atoms with Crippen molar-refractivity contribution in [3.05, 3.63) is 55.4 Å². The van der Waals surface area contributed by atoms with Gasteiger partial charge < -0.3 is 4.74 Å². The first-order chi connectivity index (χ1) is 14.5. The maximum atomic E-state index is 13.3.